The summed E-state index contributed by atoms with van der Waals surface area (Å²) in [6.45, 7) is 1.74. The maximum atomic E-state index is 4.63. The van der Waals surface area contributed by atoms with E-state index < -0.39 is 0 Å². The predicted octanol–water partition coefficient (Wildman–Crippen LogP) is 0.443. The lowest BCUT2D eigenvalue weighted by atomic mass is 10.9. The number of ether oxygens (including phenoxy) is 1. The second kappa shape index (κ2) is 3.62. The average Bonchev–Trinajstić information content (AvgIpc) is 1.61. The molecule has 7 heavy (non-hydrogen) atoms. The Labute approximate surface area is 47.7 Å². The van der Waals surface area contributed by atoms with Crippen molar-refractivity contribution < 1.29 is 4.74 Å². The second-order valence-electron chi connectivity index (χ2n) is 0.938. The van der Waals surface area contributed by atoms with Gasteiger partial charge in [0.1, 0.15) is 4.95 Å². The molecule has 2 N–H and O–H groups in total. The summed E-state index contributed by atoms with van der Waals surface area (Å²) in [5.41, 5.74) is -0.188. The first-order valence-electron chi connectivity index (χ1n) is 1.76. The summed E-state index contributed by atoms with van der Waals surface area (Å²) in [6, 6.07) is 0. The number of hydrogen-bond donors (Lipinski definition) is 2. The Bertz CT molecular complexity index is 92.8. The highest BCUT2D eigenvalue weighted by Gasteiger charge is 1.91. The highest BCUT2D eigenvalue weighted by atomic mass is 32.1. The van der Waals surface area contributed by atoms with Crippen LogP contribution in [0.4, 0.5) is 0 Å². The molecule has 0 saturated heterocycles. The van der Waals surface area contributed by atoms with Crippen LogP contribution < -0.4 is 5.84 Å². The molecule has 0 heterocycles. The lowest BCUT2D eigenvalue weighted by Gasteiger charge is -1.89. The third-order valence-corrected chi connectivity index (χ3v) is 0.381. The van der Waals surface area contributed by atoms with Gasteiger partial charge in [-0.3, -0.25) is 0 Å². The predicted molar refractivity (Wildman–Crippen MR) is 31.0 cm³/mol. The molecule has 0 bridgehead atoms. The Morgan fingerprint density at radius 1 is 2.00 bits per heavy atom. The van der Waals surface area contributed by atoms with Gasteiger partial charge in [-0.1, -0.05) is 5.84 Å². The Balaban J connectivity index is 3.08. The van der Waals surface area contributed by atoms with E-state index in [-0.39, 0.29) is 5.44 Å². The number of nitrogens with two attached hydrogens (primary N) is 1. The van der Waals surface area contributed by atoms with Gasteiger partial charge in [-0.25, -0.2) is 0 Å². The molecule has 0 aliphatic rings. The van der Waals surface area contributed by atoms with Crippen molar-refractivity contribution in [2.75, 3.05) is 0 Å². The summed E-state index contributed by atoms with van der Waals surface area (Å²) in [7, 11) is 0. The molecule has 0 amide bonds. The average molecular weight is 119 g/mol. The van der Waals surface area contributed by atoms with E-state index in [2.05, 4.69) is 34.4 Å². The van der Waals surface area contributed by atoms with Gasteiger partial charge in [0, 0.05) is 0 Å². The fourth-order valence-corrected chi connectivity index (χ4v) is 0.154. The van der Waals surface area contributed by atoms with Gasteiger partial charge in [0.15, 0.2) is 5.44 Å². The minimum absolute atomic E-state index is 0.188. The first-order valence-corrected chi connectivity index (χ1v) is 2.27. The molecule has 0 fully saturated rings. The Hall–Kier alpha value is -0.560. The zero-order chi connectivity index (χ0) is 5.70. The van der Waals surface area contributed by atoms with Crippen molar-refractivity contribution >= 4 is 12.6 Å². The minimum Gasteiger partial charge on any atom is -0.376 e. The maximum Gasteiger partial charge on any atom is 0.562 e. The van der Waals surface area contributed by atoms with E-state index in [1.807, 2.05) is 0 Å². The molecule has 1 unspecified atom stereocenters. The molecule has 40 valence electrons. The van der Waals surface area contributed by atoms with Crippen LogP contribution in [-0.2, 0) is 4.74 Å². The van der Waals surface area contributed by atoms with Gasteiger partial charge in [0.25, 0.3) is 0 Å². The van der Waals surface area contributed by atoms with E-state index in [9.17, 15) is 0 Å². The van der Waals surface area contributed by atoms with Crippen LogP contribution in [0.15, 0.2) is 0 Å². The molecular weight excluding hydrogens is 112 g/mol. The lowest BCUT2D eigenvalue weighted by molar-refractivity contribution is 0.267. The summed E-state index contributed by atoms with van der Waals surface area (Å²) in [6.07, 6.45) is 2.07. The van der Waals surface area contributed by atoms with E-state index >= 15 is 0 Å². The molecule has 0 spiro atoms. The van der Waals surface area contributed by atoms with Crippen molar-refractivity contribution in [1.82, 2.24) is 0 Å². The van der Waals surface area contributed by atoms with E-state index in [1.165, 1.54) is 0 Å². The molecule has 1 atom stereocenters. The van der Waals surface area contributed by atoms with Crippen LogP contribution >= 0.6 is 12.6 Å². The van der Waals surface area contributed by atoms with E-state index in [4.69, 9.17) is 0 Å². The van der Waals surface area contributed by atoms with Crippen molar-refractivity contribution in [3.63, 3.8) is 0 Å². The molecule has 4 heteroatoms. The van der Waals surface area contributed by atoms with Crippen LogP contribution in [0.5, 0.6) is 0 Å². The van der Waals surface area contributed by atoms with Crippen LogP contribution in [-0.4, -0.2) is 5.44 Å². The number of thiol groups is 1. The van der Waals surface area contributed by atoms with Crippen molar-refractivity contribution in [1.29, 1.82) is 0 Å². The zero-order valence-electron chi connectivity index (χ0n) is 3.96. The molecule has 0 saturated carbocycles. The van der Waals surface area contributed by atoms with Gasteiger partial charge in [-0.05, 0) is 6.92 Å². The van der Waals surface area contributed by atoms with Crippen LogP contribution in [0.1, 0.15) is 6.92 Å². The quantitative estimate of drug-likeness (QED) is 0.173. The molecule has 3 nitrogen and oxygen atoms in total. The summed E-state index contributed by atoms with van der Waals surface area (Å²) >= 11 is 3.83. The third-order valence-electron chi connectivity index (χ3n) is 0.276. The van der Waals surface area contributed by atoms with Gasteiger partial charge in [0.05, 0.1) is 0 Å². The molecule has 0 radical (unpaired) electrons. The minimum atomic E-state index is -0.188. The monoisotopic (exact) mass is 119 g/mol. The van der Waals surface area contributed by atoms with Gasteiger partial charge in [0.2, 0.25) is 0 Å². The molecule has 0 aliphatic carbocycles. The van der Waals surface area contributed by atoms with Gasteiger partial charge in [-0.2, -0.15) is 0 Å². The molecule has 0 aromatic heterocycles. The van der Waals surface area contributed by atoms with E-state index in [0.29, 0.717) is 0 Å². The number of rotatable bonds is 1. The normalized spacial score (nSPS) is 11.1. The van der Waals surface area contributed by atoms with Crippen molar-refractivity contribution in [3.05, 3.63) is 4.95 Å². The fraction of sp³-hybridized carbons (Fsp3) is 0.667. The third kappa shape index (κ3) is 5.44. The fourth-order valence-electron chi connectivity index (χ4n) is 0.107. The highest BCUT2D eigenvalue weighted by molar-refractivity contribution is 7.80. The van der Waals surface area contributed by atoms with Crippen molar-refractivity contribution in [2.45, 2.75) is 12.4 Å². The smallest absolute Gasteiger partial charge is 0.376 e. The van der Waals surface area contributed by atoms with Crippen LogP contribution in [0.2, 0.25) is 0 Å². The Morgan fingerprint density at radius 2 is 2.57 bits per heavy atom. The molecule has 0 rings (SSSR count). The van der Waals surface area contributed by atoms with Crippen LogP contribution in [0.25, 0.3) is 4.95 Å². The van der Waals surface area contributed by atoms with E-state index in [0.717, 1.165) is 0 Å². The summed E-state index contributed by atoms with van der Waals surface area (Å²) in [5, 5.41) is 0. The Morgan fingerprint density at radius 3 is 2.71 bits per heavy atom. The summed E-state index contributed by atoms with van der Waals surface area (Å²) in [4.78, 5) is 2.95. The zero-order valence-corrected chi connectivity index (χ0v) is 4.85. The van der Waals surface area contributed by atoms with Gasteiger partial charge in [-0.15, -0.1) is 12.6 Å². The van der Waals surface area contributed by atoms with Crippen molar-refractivity contribution in [3.8, 4) is 6.26 Å². The first kappa shape index (κ1) is 6.44. The summed E-state index contributed by atoms with van der Waals surface area (Å²) < 4.78 is 4.51. The largest absolute Gasteiger partial charge is 0.562 e. The van der Waals surface area contributed by atoms with E-state index in [1.54, 1.807) is 6.92 Å². The maximum absolute atomic E-state index is 4.63. The van der Waals surface area contributed by atoms with Crippen LogP contribution in [0.3, 0.4) is 0 Å². The standard InChI is InChI=1S/C3H6N2OS/c1-3(7)6-2-5-4/h3H,4H2,1H3/p+1. The highest BCUT2D eigenvalue weighted by Crippen LogP contribution is 1.90. The van der Waals surface area contributed by atoms with Gasteiger partial charge < -0.3 is 4.74 Å². The topological polar surface area (TPSA) is 39.6 Å². The first-order chi connectivity index (χ1) is 3.27. The molecule has 0 aliphatic heterocycles. The number of hydrogen-bond acceptors (Lipinski definition) is 3. The lowest BCUT2D eigenvalue weighted by Crippen LogP contribution is -1.91. The second-order valence-corrected chi connectivity index (χ2v) is 1.66. The van der Waals surface area contributed by atoms with Gasteiger partial charge >= 0.3 is 6.26 Å². The SMILES string of the molecule is CC(S)OC#[N+]N. The van der Waals surface area contributed by atoms with Crippen molar-refractivity contribution in [2.24, 2.45) is 5.84 Å². The van der Waals surface area contributed by atoms with Crippen LogP contribution in [0, 0.1) is 6.26 Å². The Kier molecular flexibility index (Phi) is 3.33. The number of nitrogens with zero attached hydrogens (tertiary/aromatic N) is 1. The molecule has 0 aromatic rings. The molecule has 0 aromatic carbocycles. The molecular formula is C3H7N2OS+. The summed E-state index contributed by atoms with van der Waals surface area (Å²) in [5.74, 6) is 4.63.